The fourth-order valence-electron chi connectivity index (χ4n) is 6.48. The molecule has 44 heavy (non-hydrogen) atoms. The van der Waals surface area contributed by atoms with E-state index in [1.54, 1.807) is 35.7 Å². The minimum atomic E-state index is -3.58. The molecule has 4 aromatic carbocycles. The molecule has 1 aliphatic heterocycles. The van der Waals surface area contributed by atoms with Crippen molar-refractivity contribution in [3.05, 3.63) is 123 Å². The summed E-state index contributed by atoms with van der Waals surface area (Å²) in [6, 6.07) is 29.7. The Balaban J connectivity index is 1.23. The number of hydrogen-bond donors (Lipinski definition) is 0. The SMILES string of the molecule is COc1ccc(S(=O)(=O)N2CCC(c3c4cc(C(c5ccc(Cl)cc5)c5ccc(Cl)cc5)ccc4nn3C3CC3)CC2)cc1. The lowest BCUT2D eigenvalue weighted by atomic mass is 9.84. The van der Waals surface area contributed by atoms with E-state index in [-0.39, 0.29) is 11.8 Å². The molecule has 1 saturated heterocycles. The van der Waals surface area contributed by atoms with Crippen molar-refractivity contribution in [3.8, 4) is 5.75 Å². The van der Waals surface area contributed by atoms with Crippen molar-refractivity contribution in [1.29, 1.82) is 0 Å². The van der Waals surface area contributed by atoms with Gasteiger partial charge < -0.3 is 4.74 Å². The summed E-state index contributed by atoms with van der Waals surface area (Å²) < 4.78 is 36.0. The molecule has 2 heterocycles. The van der Waals surface area contributed by atoms with Crippen LogP contribution < -0.4 is 4.74 Å². The summed E-state index contributed by atoms with van der Waals surface area (Å²) in [5.41, 5.74) is 5.67. The van der Waals surface area contributed by atoms with E-state index in [4.69, 9.17) is 33.0 Å². The topological polar surface area (TPSA) is 64.4 Å². The number of fused-ring (bicyclic) bond motifs is 1. The molecule has 0 atom stereocenters. The second-order valence-electron chi connectivity index (χ2n) is 11.7. The highest BCUT2D eigenvalue weighted by Gasteiger charge is 2.35. The van der Waals surface area contributed by atoms with Gasteiger partial charge in [0.1, 0.15) is 5.75 Å². The van der Waals surface area contributed by atoms with Crippen LogP contribution in [0.3, 0.4) is 0 Å². The number of benzene rings is 4. The lowest BCUT2D eigenvalue weighted by Gasteiger charge is -2.32. The van der Waals surface area contributed by atoms with Crippen LogP contribution in [0.4, 0.5) is 0 Å². The Kier molecular flexibility index (Phi) is 7.91. The number of nitrogens with zero attached hydrogens (tertiary/aromatic N) is 3. The average Bonchev–Trinajstić information content (AvgIpc) is 3.83. The number of piperidine rings is 1. The zero-order chi connectivity index (χ0) is 30.4. The Hall–Kier alpha value is -3.36. The zero-order valence-corrected chi connectivity index (χ0v) is 26.7. The van der Waals surface area contributed by atoms with Gasteiger partial charge in [-0.1, -0.05) is 53.5 Å². The van der Waals surface area contributed by atoms with Gasteiger partial charge in [-0.3, -0.25) is 4.68 Å². The summed E-state index contributed by atoms with van der Waals surface area (Å²) in [6.07, 6.45) is 3.73. The molecule has 0 bridgehead atoms. The normalized spacial score (nSPS) is 16.5. The van der Waals surface area contributed by atoms with Gasteiger partial charge in [0.15, 0.2) is 0 Å². The molecule has 1 saturated carbocycles. The van der Waals surface area contributed by atoms with Crippen molar-refractivity contribution >= 4 is 44.1 Å². The van der Waals surface area contributed by atoms with E-state index in [1.807, 2.05) is 24.3 Å². The monoisotopic (exact) mass is 645 g/mol. The minimum absolute atomic E-state index is 0.0115. The van der Waals surface area contributed by atoms with Crippen LogP contribution >= 0.6 is 23.2 Å². The highest BCUT2D eigenvalue weighted by atomic mass is 35.5. The van der Waals surface area contributed by atoms with E-state index in [2.05, 4.69) is 47.1 Å². The quantitative estimate of drug-likeness (QED) is 0.159. The molecule has 6 nitrogen and oxygen atoms in total. The Bertz CT molecular complexity index is 1850. The number of aromatic nitrogens is 2. The van der Waals surface area contributed by atoms with Crippen molar-refractivity contribution in [3.63, 3.8) is 0 Å². The number of hydrogen-bond acceptors (Lipinski definition) is 4. The Morgan fingerprint density at radius 3 is 1.89 bits per heavy atom. The van der Waals surface area contributed by atoms with Gasteiger partial charge in [-0.15, -0.1) is 0 Å². The van der Waals surface area contributed by atoms with Gasteiger partial charge in [0.25, 0.3) is 0 Å². The van der Waals surface area contributed by atoms with Gasteiger partial charge in [0.2, 0.25) is 10.0 Å². The maximum Gasteiger partial charge on any atom is 0.243 e. The van der Waals surface area contributed by atoms with Crippen LogP contribution in [0.5, 0.6) is 5.75 Å². The summed E-state index contributed by atoms with van der Waals surface area (Å²) in [7, 11) is -2.01. The van der Waals surface area contributed by atoms with Crippen LogP contribution in [0.15, 0.2) is 95.9 Å². The summed E-state index contributed by atoms with van der Waals surface area (Å²) in [5.74, 6) is 0.835. The van der Waals surface area contributed by atoms with E-state index in [0.29, 0.717) is 39.8 Å². The largest absolute Gasteiger partial charge is 0.497 e. The summed E-state index contributed by atoms with van der Waals surface area (Å²) in [5, 5.41) is 7.64. The van der Waals surface area contributed by atoms with Crippen LogP contribution in [0.2, 0.25) is 10.0 Å². The van der Waals surface area contributed by atoms with Gasteiger partial charge in [0.05, 0.1) is 23.6 Å². The van der Waals surface area contributed by atoms with Crippen LogP contribution in [-0.4, -0.2) is 42.7 Å². The van der Waals surface area contributed by atoms with Crippen LogP contribution in [0, 0.1) is 0 Å². The Labute approximate surface area is 268 Å². The lowest BCUT2D eigenvalue weighted by molar-refractivity contribution is 0.311. The average molecular weight is 647 g/mol. The summed E-state index contributed by atoms with van der Waals surface area (Å²) in [4.78, 5) is 0.297. The van der Waals surface area contributed by atoms with Crippen LogP contribution in [-0.2, 0) is 10.0 Å². The first kappa shape index (κ1) is 29.4. The molecule has 7 rings (SSSR count). The fraction of sp³-hybridized carbons (Fsp3) is 0.286. The first-order chi connectivity index (χ1) is 21.3. The van der Waals surface area contributed by atoms with E-state index < -0.39 is 10.0 Å². The first-order valence-corrected chi connectivity index (χ1v) is 17.2. The van der Waals surface area contributed by atoms with Crippen LogP contribution in [0.1, 0.15) is 65.9 Å². The molecule has 2 aliphatic rings. The van der Waals surface area contributed by atoms with Crippen LogP contribution in [0.25, 0.3) is 10.9 Å². The van der Waals surface area contributed by atoms with E-state index in [9.17, 15) is 8.42 Å². The predicted octanol–water partition coefficient (Wildman–Crippen LogP) is 8.44. The molecular weight excluding hydrogens is 613 g/mol. The van der Waals surface area contributed by atoms with Gasteiger partial charge in [-0.05, 0) is 103 Å². The van der Waals surface area contributed by atoms with Gasteiger partial charge in [0, 0.05) is 46.1 Å². The number of methoxy groups -OCH3 is 1. The molecule has 226 valence electrons. The molecule has 5 aromatic rings. The molecule has 2 fully saturated rings. The van der Waals surface area contributed by atoms with Crippen molar-refractivity contribution in [2.24, 2.45) is 0 Å². The molecule has 0 N–H and O–H groups in total. The number of sulfonamides is 1. The first-order valence-electron chi connectivity index (χ1n) is 15.0. The summed E-state index contributed by atoms with van der Waals surface area (Å²) >= 11 is 12.5. The smallest absolute Gasteiger partial charge is 0.243 e. The zero-order valence-electron chi connectivity index (χ0n) is 24.4. The Morgan fingerprint density at radius 2 is 1.34 bits per heavy atom. The van der Waals surface area contributed by atoms with Gasteiger partial charge in [-0.2, -0.15) is 9.40 Å². The molecule has 0 amide bonds. The second kappa shape index (κ2) is 11.9. The molecule has 1 aliphatic carbocycles. The fourth-order valence-corrected chi connectivity index (χ4v) is 8.20. The third kappa shape index (κ3) is 5.63. The van der Waals surface area contributed by atoms with Crippen molar-refractivity contribution in [2.75, 3.05) is 20.2 Å². The number of rotatable bonds is 8. The molecule has 9 heteroatoms. The van der Waals surface area contributed by atoms with E-state index in [1.165, 1.54) is 11.3 Å². The maximum absolute atomic E-state index is 13.5. The standard InChI is InChI=1S/C35H33Cl2N3O3S/c1-43-30-13-15-31(16-14-30)44(41,42)39-20-18-25(19-21-39)35-32-22-26(6-17-33(32)38-40(35)29-11-12-29)34(23-2-7-27(36)8-3-23)24-4-9-28(37)10-5-24/h2-10,13-17,22,25,29,34H,11-12,18-21H2,1H3. The molecule has 0 spiro atoms. The molecule has 0 radical (unpaired) electrons. The molecule has 0 unspecified atom stereocenters. The molecule has 1 aromatic heterocycles. The Morgan fingerprint density at radius 1 is 0.773 bits per heavy atom. The van der Waals surface area contributed by atoms with Crippen molar-refractivity contribution in [1.82, 2.24) is 14.1 Å². The highest BCUT2D eigenvalue weighted by Crippen LogP contribution is 2.44. The van der Waals surface area contributed by atoms with Crippen molar-refractivity contribution < 1.29 is 13.2 Å². The highest BCUT2D eigenvalue weighted by molar-refractivity contribution is 7.89. The lowest BCUT2D eigenvalue weighted by Crippen LogP contribution is -2.38. The number of halogens is 2. The maximum atomic E-state index is 13.5. The minimum Gasteiger partial charge on any atom is -0.497 e. The third-order valence-electron chi connectivity index (χ3n) is 8.93. The molecular formula is C35H33Cl2N3O3S. The van der Waals surface area contributed by atoms with Gasteiger partial charge in [-0.25, -0.2) is 8.42 Å². The van der Waals surface area contributed by atoms with Crippen molar-refractivity contribution in [2.45, 2.75) is 48.5 Å². The van der Waals surface area contributed by atoms with E-state index in [0.717, 1.165) is 47.7 Å². The third-order valence-corrected chi connectivity index (χ3v) is 11.3. The van der Waals surface area contributed by atoms with Gasteiger partial charge >= 0.3 is 0 Å². The predicted molar refractivity (Wildman–Crippen MR) is 176 cm³/mol. The van der Waals surface area contributed by atoms with E-state index >= 15 is 0 Å². The summed E-state index contributed by atoms with van der Waals surface area (Å²) in [6.45, 7) is 0.933. The number of ether oxygens (including phenoxy) is 1. The second-order valence-corrected chi connectivity index (χ2v) is 14.5.